The molecule has 2 heterocycles. The predicted octanol–water partition coefficient (Wildman–Crippen LogP) is 3.85. The van der Waals surface area contributed by atoms with Crippen LogP contribution in [0.5, 0.6) is 0 Å². The second-order valence-corrected chi connectivity index (χ2v) is 6.79. The largest absolute Gasteiger partial charge is 0.379 e. The molecule has 2 unspecified atom stereocenters. The fraction of sp³-hybridized carbons (Fsp3) is 0.368. The van der Waals surface area contributed by atoms with E-state index in [1.54, 1.807) is 43.6 Å². The number of amides is 1. The van der Waals surface area contributed by atoms with Crippen LogP contribution in [0.3, 0.4) is 0 Å². The van der Waals surface area contributed by atoms with Crippen LogP contribution < -0.4 is 10.2 Å². The number of anilines is 2. The third-order valence-corrected chi connectivity index (χ3v) is 4.84. The minimum atomic E-state index is -0.205. The molecule has 6 heteroatoms. The molecule has 3 rings (SSSR count). The van der Waals surface area contributed by atoms with Crippen LogP contribution in [0, 0.1) is 5.92 Å². The highest BCUT2D eigenvalue weighted by Gasteiger charge is 2.26. The second kappa shape index (κ2) is 7.85. The van der Waals surface area contributed by atoms with Crippen molar-refractivity contribution in [1.82, 2.24) is 4.98 Å². The molecule has 25 heavy (non-hydrogen) atoms. The number of piperidine rings is 1. The van der Waals surface area contributed by atoms with Gasteiger partial charge in [-0.05, 0) is 42.7 Å². The van der Waals surface area contributed by atoms with Crippen molar-refractivity contribution in [1.29, 1.82) is 0 Å². The van der Waals surface area contributed by atoms with E-state index in [0.29, 0.717) is 22.2 Å². The second-order valence-electron chi connectivity index (χ2n) is 6.36. The zero-order valence-corrected chi connectivity index (χ0v) is 15.2. The molecule has 1 aliphatic heterocycles. The Morgan fingerprint density at radius 1 is 1.36 bits per heavy atom. The molecular weight excluding hydrogens is 338 g/mol. The Morgan fingerprint density at radius 3 is 2.88 bits per heavy atom. The van der Waals surface area contributed by atoms with Crippen molar-refractivity contribution in [2.45, 2.75) is 19.4 Å². The first-order valence-electron chi connectivity index (χ1n) is 8.37. The van der Waals surface area contributed by atoms with Gasteiger partial charge in [0.15, 0.2) is 0 Å². The van der Waals surface area contributed by atoms with Gasteiger partial charge in [-0.3, -0.25) is 4.79 Å². The smallest absolute Gasteiger partial charge is 0.257 e. The average Bonchev–Trinajstić information content (AvgIpc) is 2.62. The summed E-state index contributed by atoms with van der Waals surface area (Å²) in [6.45, 7) is 3.98. The topological polar surface area (TPSA) is 54.5 Å². The van der Waals surface area contributed by atoms with E-state index < -0.39 is 0 Å². The molecule has 1 aliphatic rings. The quantitative estimate of drug-likeness (QED) is 0.900. The number of carbonyl (C=O) groups is 1. The molecule has 1 saturated heterocycles. The standard InChI is InChI=1S/C19H22ClN3O2/c1-13-8-9-23(12-17(13)25-2)18-7-6-14(11-21-18)19(24)22-16-5-3-4-15(20)10-16/h3-7,10-11,13,17H,8-9,12H2,1-2H3,(H,22,24). The van der Waals surface area contributed by atoms with Crippen LogP contribution >= 0.6 is 11.6 Å². The summed E-state index contributed by atoms with van der Waals surface area (Å²) in [6.07, 6.45) is 2.88. The summed E-state index contributed by atoms with van der Waals surface area (Å²) in [6, 6.07) is 10.7. The van der Waals surface area contributed by atoms with Crippen LogP contribution in [-0.2, 0) is 4.74 Å². The first-order chi connectivity index (χ1) is 12.1. The molecule has 0 saturated carbocycles. The zero-order chi connectivity index (χ0) is 17.8. The van der Waals surface area contributed by atoms with Crippen LogP contribution in [0.25, 0.3) is 0 Å². The molecule has 1 aromatic heterocycles. The van der Waals surface area contributed by atoms with Crippen LogP contribution in [-0.4, -0.2) is 37.2 Å². The number of pyridine rings is 1. The number of benzene rings is 1. The molecular formula is C19H22ClN3O2. The number of halogens is 1. The lowest BCUT2D eigenvalue weighted by Crippen LogP contribution is -2.44. The van der Waals surface area contributed by atoms with Gasteiger partial charge in [0.2, 0.25) is 0 Å². The van der Waals surface area contributed by atoms with Gasteiger partial charge in [0, 0.05) is 37.1 Å². The third kappa shape index (κ3) is 4.30. The zero-order valence-electron chi connectivity index (χ0n) is 14.4. The Bertz CT molecular complexity index is 736. The Hall–Kier alpha value is -2.11. The van der Waals surface area contributed by atoms with Gasteiger partial charge in [-0.25, -0.2) is 4.98 Å². The molecule has 0 spiro atoms. The van der Waals surface area contributed by atoms with Gasteiger partial charge < -0.3 is 15.0 Å². The van der Waals surface area contributed by atoms with Gasteiger partial charge in [-0.2, -0.15) is 0 Å². The molecule has 0 radical (unpaired) electrons. The van der Waals surface area contributed by atoms with E-state index in [-0.39, 0.29) is 12.0 Å². The highest BCUT2D eigenvalue weighted by Crippen LogP contribution is 2.24. The molecule has 0 bridgehead atoms. The van der Waals surface area contributed by atoms with Crippen molar-refractivity contribution in [2.75, 3.05) is 30.4 Å². The Balaban J connectivity index is 1.66. The molecule has 2 atom stereocenters. The number of ether oxygens (including phenoxy) is 1. The summed E-state index contributed by atoms with van der Waals surface area (Å²) < 4.78 is 5.55. The summed E-state index contributed by atoms with van der Waals surface area (Å²) in [5, 5.41) is 3.40. The van der Waals surface area contributed by atoms with Crippen molar-refractivity contribution in [3.05, 3.63) is 53.2 Å². The maximum Gasteiger partial charge on any atom is 0.257 e. The van der Waals surface area contributed by atoms with E-state index in [0.717, 1.165) is 25.3 Å². The number of aromatic nitrogens is 1. The number of hydrogen-bond donors (Lipinski definition) is 1. The fourth-order valence-corrected chi connectivity index (χ4v) is 3.22. The molecule has 1 aromatic carbocycles. The summed E-state index contributed by atoms with van der Waals surface area (Å²) in [7, 11) is 1.75. The predicted molar refractivity (Wildman–Crippen MR) is 100 cm³/mol. The highest BCUT2D eigenvalue weighted by atomic mass is 35.5. The van der Waals surface area contributed by atoms with Crippen LogP contribution in [0.1, 0.15) is 23.7 Å². The Labute approximate surface area is 153 Å². The van der Waals surface area contributed by atoms with Gasteiger partial charge in [-0.15, -0.1) is 0 Å². The monoisotopic (exact) mass is 359 g/mol. The molecule has 132 valence electrons. The lowest BCUT2D eigenvalue weighted by molar-refractivity contribution is 0.0496. The fourth-order valence-electron chi connectivity index (χ4n) is 3.03. The van der Waals surface area contributed by atoms with E-state index in [2.05, 4.69) is 22.1 Å². The molecule has 2 aromatic rings. The molecule has 1 amide bonds. The molecule has 1 fully saturated rings. The number of nitrogens with zero attached hydrogens (tertiary/aromatic N) is 2. The number of methoxy groups -OCH3 is 1. The maximum absolute atomic E-state index is 12.3. The third-order valence-electron chi connectivity index (χ3n) is 4.61. The summed E-state index contributed by atoms with van der Waals surface area (Å²) in [5.41, 5.74) is 1.17. The van der Waals surface area contributed by atoms with Gasteiger partial charge in [0.25, 0.3) is 5.91 Å². The Morgan fingerprint density at radius 2 is 2.20 bits per heavy atom. The van der Waals surface area contributed by atoms with Crippen molar-refractivity contribution >= 4 is 29.0 Å². The number of hydrogen-bond acceptors (Lipinski definition) is 4. The van der Waals surface area contributed by atoms with Crippen LogP contribution in [0.4, 0.5) is 11.5 Å². The van der Waals surface area contributed by atoms with Crippen LogP contribution in [0.15, 0.2) is 42.6 Å². The summed E-state index contributed by atoms with van der Waals surface area (Å²) in [4.78, 5) is 19.0. The first-order valence-corrected chi connectivity index (χ1v) is 8.75. The lowest BCUT2D eigenvalue weighted by Gasteiger charge is -2.36. The lowest BCUT2D eigenvalue weighted by atomic mass is 9.96. The Kier molecular flexibility index (Phi) is 5.56. The number of nitrogens with one attached hydrogen (secondary N) is 1. The van der Waals surface area contributed by atoms with E-state index in [4.69, 9.17) is 16.3 Å². The van der Waals surface area contributed by atoms with Crippen LogP contribution in [0.2, 0.25) is 5.02 Å². The van der Waals surface area contributed by atoms with E-state index >= 15 is 0 Å². The van der Waals surface area contributed by atoms with Crippen molar-refractivity contribution in [2.24, 2.45) is 5.92 Å². The SMILES string of the molecule is COC1CN(c2ccc(C(=O)Nc3cccc(Cl)c3)cn2)CCC1C. The minimum absolute atomic E-state index is 0.205. The first kappa shape index (κ1) is 17.7. The van der Waals surface area contributed by atoms with Crippen molar-refractivity contribution in [3.8, 4) is 0 Å². The van der Waals surface area contributed by atoms with Gasteiger partial charge in [0.05, 0.1) is 11.7 Å². The van der Waals surface area contributed by atoms with Gasteiger partial charge in [0.1, 0.15) is 5.82 Å². The molecule has 5 nitrogen and oxygen atoms in total. The van der Waals surface area contributed by atoms with E-state index in [1.165, 1.54) is 0 Å². The summed E-state index contributed by atoms with van der Waals surface area (Å²) >= 11 is 5.94. The van der Waals surface area contributed by atoms with Crippen molar-refractivity contribution in [3.63, 3.8) is 0 Å². The molecule has 0 aliphatic carbocycles. The number of rotatable bonds is 4. The number of carbonyl (C=O) groups excluding carboxylic acids is 1. The van der Waals surface area contributed by atoms with Gasteiger partial charge in [-0.1, -0.05) is 24.6 Å². The molecule has 1 N–H and O–H groups in total. The summed E-state index contributed by atoms with van der Waals surface area (Å²) in [5.74, 6) is 1.21. The van der Waals surface area contributed by atoms with Gasteiger partial charge >= 0.3 is 0 Å². The van der Waals surface area contributed by atoms with E-state index in [1.807, 2.05) is 6.07 Å². The van der Waals surface area contributed by atoms with E-state index in [9.17, 15) is 4.79 Å². The average molecular weight is 360 g/mol. The minimum Gasteiger partial charge on any atom is -0.379 e. The maximum atomic E-state index is 12.3. The highest BCUT2D eigenvalue weighted by molar-refractivity contribution is 6.30. The van der Waals surface area contributed by atoms with Crippen molar-refractivity contribution < 1.29 is 9.53 Å². The normalized spacial score (nSPS) is 20.4.